The molecule has 0 heterocycles. The lowest BCUT2D eigenvalue weighted by atomic mass is 10.1. The maximum absolute atomic E-state index is 9.76. The molecule has 0 spiro atoms. The van der Waals surface area contributed by atoms with Crippen molar-refractivity contribution >= 4 is 23.0 Å². The molecular formula is C14H13ClN2O3. The molecule has 2 aromatic carbocycles. The van der Waals surface area contributed by atoms with Crippen LogP contribution in [0.4, 0.5) is 11.4 Å². The van der Waals surface area contributed by atoms with E-state index in [0.717, 1.165) is 0 Å². The monoisotopic (exact) mass is 292 g/mol. The summed E-state index contributed by atoms with van der Waals surface area (Å²) in [6.07, 6.45) is 0. The predicted octanol–water partition coefficient (Wildman–Crippen LogP) is 3.96. The van der Waals surface area contributed by atoms with Gasteiger partial charge in [-0.2, -0.15) is 10.2 Å². The summed E-state index contributed by atoms with van der Waals surface area (Å²) in [4.78, 5) is 0. The Morgan fingerprint density at radius 3 is 2.55 bits per heavy atom. The molecule has 0 aliphatic rings. The van der Waals surface area contributed by atoms with E-state index in [4.69, 9.17) is 16.3 Å². The highest BCUT2D eigenvalue weighted by Gasteiger charge is 2.09. The van der Waals surface area contributed by atoms with Crippen LogP contribution in [0, 0.1) is 0 Å². The summed E-state index contributed by atoms with van der Waals surface area (Å²) in [6, 6.07) is 10.0. The fraction of sp³-hybridized carbons (Fsp3) is 0.143. The van der Waals surface area contributed by atoms with Crippen molar-refractivity contribution in [3.63, 3.8) is 0 Å². The van der Waals surface area contributed by atoms with Gasteiger partial charge >= 0.3 is 0 Å². The van der Waals surface area contributed by atoms with E-state index in [2.05, 4.69) is 10.2 Å². The molecular weight excluding hydrogens is 280 g/mol. The number of aliphatic hydroxyl groups excluding tert-OH is 1. The summed E-state index contributed by atoms with van der Waals surface area (Å²) in [6.45, 7) is -0.317. The first-order valence-corrected chi connectivity index (χ1v) is 6.20. The van der Waals surface area contributed by atoms with Crippen LogP contribution in [0.3, 0.4) is 0 Å². The summed E-state index contributed by atoms with van der Waals surface area (Å²) in [5.74, 6) is 0.133. The predicted molar refractivity (Wildman–Crippen MR) is 76.2 cm³/mol. The summed E-state index contributed by atoms with van der Waals surface area (Å²) in [7, 11) is 1.42. The Balaban J connectivity index is 2.33. The van der Waals surface area contributed by atoms with Gasteiger partial charge in [0.25, 0.3) is 0 Å². The van der Waals surface area contributed by atoms with Crippen LogP contribution in [0.5, 0.6) is 11.5 Å². The molecule has 5 nitrogen and oxygen atoms in total. The summed E-state index contributed by atoms with van der Waals surface area (Å²) >= 11 is 5.85. The Hall–Kier alpha value is -2.11. The van der Waals surface area contributed by atoms with Crippen LogP contribution >= 0.6 is 11.6 Å². The zero-order valence-corrected chi connectivity index (χ0v) is 11.5. The van der Waals surface area contributed by atoms with Gasteiger partial charge in [-0.1, -0.05) is 17.7 Å². The molecule has 0 aliphatic carbocycles. The fourth-order valence-corrected chi connectivity index (χ4v) is 1.82. The second-order valence-corrected chi connectivity index (χ2v) is 4.43. The Bertz CT molecular complexity index is 619. The summed E-state index contributed by atoms with van der Waals surface area (Å²) in [5.41, 5.74) is 1.39. The number of azo groups is 1. The molecule has 0 aromatic heterocycles. The number of aliphatic hydroxyl groups is 1. The Kier molecular flexibility index (Phi) is 4.55. The van der Waals surface area contributed by atoms with Gasteiger partial charge in [-0.15, -0.1) is 0 Å². The van der Waals surface area contributed by atoms with Gasteiger partial charge in [-0.25, -0.2) is 0 Å². The minimum Gasteiger partial charge on any atom is -0.504 e. The molecule has 0 atom stereocenters. The van der Waals surface area contributed by atoms with Crippen molar-refractivity contribution < 1.29 is 14.9 Å². The number of hydrogen-bond acceptors (Lipinski definition) is 5. The molecule has 0 saturated heterocycles. The van der Waals surface area contributed by atoms with E-state index in [0.29, 0.717) is 22.0 Å². The second-order valence-electron chi connectivity index (χ2n) is 3.99. The van der Waals surface area contributed by atoms with Gasteiger partial charge in [-0.05, 0) is 24.3 Å². The van der Waals surface area contributed by atoms with Crippen molar-refractivity contribution in [2.75, 3.05) is 7.11 Å². The molecule has 0 aliphatic heterocycles. The molecule has 0 radical (unpaired) electrons. The largest absolute Gasteiger partial charge is 0.504 e. The normalized spacial score (nSPS) is 10.9. The zero-order valence-electron chi connectivity index (χ0n) is 10.7. The van der Waals surface area contributed by atoms with Crippen molar-refractivity contribution in [1.82, 2.24) is 0 Å². The maximum Gasteiger partial charge on any atom is 0.163 e. The molecule has 2 rings (SSSR count). The zero-order chi connectivity index (χ0) is 14.5. The van der Waals surface area contributed by atoms with Crippen molar-refractivity contribution in [3.05, 3.63) is 47.0 Å². The number of aromatic hydroxyl groups is 1. The summed E-state index contributed by atoms with van der Waals surface area (Å²) in [5, 5.41) is 27.6. The molecule has 6 heteroatoms. The van der Waals surface area contributed by atoms with Crippen LogP contribution in [-0.2, 0) is 6.61 Å². The van der Waals surface area contributed by atoms with Gasteiger partial charge in [0.15, 0.2) is 11.5 Å². The van der Waals surface area contributed by atoms with Crippen LogP contribution in [0.2, 0.25) is 5.02 Å². The first-order chi connectivity index (χ1) is 9.63. The van der Waals surface area contributed by atoms with E-state index in [9.17, 15) is 10.2 Å². The fourth-order valence-electron chi connectivity index (χ4n) is 1.64. The lowest BCUT2D eigenvalue weighted by molar-refractivity contribution is 0.272. The van der Waals surface area contributed by atoms with Crippen molar-refractivity contribution in [2.24, 2.45) is 10.2 Å². The van der Waals surface area contributed by atoms with Gasteiger partial charge < -0.3 is 14.9 Å². The molecule has 0 fully saturated rings. The standard InChI is InChI=1S/C14H13ClN2O3/c1-20-13-7-12(5-9(8-18)14(13)19)17-16-11-4-2-3-10(15)6-11/h2-7,18-19H,8H2,1H3. The van der Waals surface area contributed by atoms with Crippen LogP contribution in [0.1, 0.15) is 5.56 Å². The number of methoxy groups -OCH3 is 1. The molecule has 20 heavy (non-hydrogen) atoms. The highest BCUT2D eigenvalue weighted by atomic mass is 35.5. The van der Waals surface area contributed by atoms with Gasteiger partial charge in [-0.3, -0.25) is 0 Å². The third-order valence-electron chi connectivity index (χ3n) is 2.62. The van der Waals surface area contributed by atoms with Gasteiger partial charge in [0.1, 0.15) is 0 Å². The number of benzene rings is 2. The van der Waals surface area contributed by atoms with E-state index in [1.54, 1.807) is 24.3 Å². The Morgan fingerprint density at radius 1 is 1.15 bits per heavy atom. The molecule has 0 unspecified atom stereocenters. The Labute approximate surface area is 121 Å². The SMILES string of the molecule is COc1cc(N=Nc2cccc(Cl)c2)cc(CO)c1O. The van der Waals surface area contributed by atoms with Crippen LogP contribution in [0.25, 0.3) is 0 Å². The highest BCUT2D eigenvalue weighted by Crippen LogP contribution is 2.35. The highest BCUT2D eigenvalue weighted by molar-refractivity contribution is 6.30. The average molecular weight is 293 g/mol. The first-order valence-electron chi connectivity index (χ1n) is 5.82. The smallest absolute Gasteiger partial charge is 0.163 e. The second kappa shape index (κ2) is 6.36. The topological polar surface area (TPSA) is 74.4 Å². The molecule has 0 bridgehead atoms. The average Bonchev–Trinajstić information content (AvgIpc) is 2.46. The lowest BCUT2D eigenvalue weighted by Gasteiger charge is -2.07. The summed E-state index contributed by atoms with van der Waals surface area (Å²) < 4.78 is 5.02. The third kappa shape index (κ3) is 3.26. The van der Waals surface area contributed by atoms with Crippen LogP contribution in [0.15, 0.2) is 46.6 Å². The van der Waals surface area contributed by atoms with Crippen LogP contribution in [-0.4, -0.2) is 17.3 Å². The number of halogens is 1. The third-order valence-corrected chi connectivity index (χ3v) is 2.85. The number of hydrogen-bond donors (Lipinski definition) is 2. The molecule has 0 saturated carbocycles. The Morgan fingerprint density at radius 2 is 1.90 bits per heavy atom. The van der Waals surface area contributed by atoms with Gasteiger partial charge in [0.05, 0.1) is 25.1 Å². The minimum atomic E-state index is -0.317. The van der Waals surface area contributed by atoms with E-state index in [1.807, 2.05) is 0 Å². The van der Waals surface area contributed by atoms with E-state index < -0.39 is 0 Å². The van der Waals surface area contributed by atoms with E-state index in [1.165, 1.54) is 19.2 Å². The van der Waals surface area contributed by atoms with Crippen LogP contribution < -0.4 is 4.74 Å². The molecule has 2 N–H and O–H groups in total. The minimum absolute atomic E-state index is 0.100. The van der Waals surface area contributed by atoms with E-state index in [-0.39, 0.29) is 18.1 Å². The number of ether oxygens (including phenoxy) is 1. The van der Waals surface area contributed by atoms with Crippen molar-refractivity contribution in [3.8, 4) is 11.5 Å². The quantitative estimate of drug-likeness (QED) is 0.838. The van der Waals surface area contributed by atoms with Gasteiger partial charge in [0.2, 0.25) is 0 Å². The molecule has 2 aromatic rings. The lowest BCUT2D eigenvalue weighted by Crippen LogP contribution is -1.89. The van der Waals surface area contributed by atoms with Crippen molar-refractivity contribution in [2.45, 2.75) is 6.61 Å². The number of nitrogens with zero attached hydrogens (tertiary/aromatic N) is 2. The number of phenols is 1. The number of rotatable bonds is 4. The van der Waals surface area contributed by atoms with Gasteiger partial charge in [0, 0.05) is 16.7 Å². The molecule has 0 amide bonds. The van der Waals surface area contributed by atoms with Crippen molar-refractivity contribution in [1.29, 1.82) is 0 Å². The van der Waals surface area contributed by atoms with E-state index >= 15 is 0 Å². The first kappa shape index (κ1) is 14.3. The maximum atomic E-state index is 9.76. The molecule has 104 valence electrons.